The number of phenols is 1. The highest BCUT2D eigenvalue weighted by molar-refractivity contribution is 5.92. The van der Waals surface area contributed by atoms with Gasteiger partial charge in [0.2, 0.25) is 0 Å². The van der Waals surface area contributed by atoms with Gasteiger partial charge in [-0.05, 0) is 25.0 Å². The Labute approximate surface area is 99.6 Å². The zero-order valence-corrected chi connectivity index (χ0v) is 9.90. The molecule has 0 aliphatic rings. The van der Waals surface area contributed by atoms with Gasteiger partial charge in [-0.3, -0.25) is 0 Å². The number of methoxy groups -OCH3 is 2. The molecule has 1 aromatic rings. The number of carbonyl (C=O) groups is 1. The van der Waals surface area contributed by atoms with E-state index in [0.717, 1.165) is 0 Å². The third kappa shape index (κ3) is 2.88. The van der Waals surface area contributed by atoms with Gasteiger partial charge >= 0.3 is 5.97 Å². The van der Waals surface area contributed by atoms with Crippen LogP contribution in [0.4, 0.5) is 0 Å². The molecule has 0 aliphatic carbocycles. The summed E-state index contributed by atoms with van der Waals surface area (Å²) in [5.74, 6) is -0.301. The Morgan fingerprint density at radius 2 is 2.06 bits per heavy atom. The summed E-state index contributed by atoms with van der Waals surface area (Å²) in [6, 6.07) is 3.04. The highest BCUT2D eigenvalue weighted by Gasteiger charge is 2.18. The summed E-state index contributed by atoms with van der Waals surface area (Å²) >= 11 is 0. The third-order valence-electron chi connectivity index (χ3n) is 2.46. The van der Waals surface area contributed by atoms with Crippen molar-refractivity contribution in [1.29, 1.82) is 0 Å². The SMILES string of the molecule is COC(=O)c1ccc(OC)c(O)c1CCCO. The molecule has 0 aromatic heterocycles. The van der Waals surface area contributed by atoms with Gasteiger partial charge in [0.05, 0.1) is 19.8 Å². The summed E-state index contributed by atoms with van der Waals surface area (Å²) < 4.78 is 9.60. The minimum absolute atomic E-state index is 0.0166. The van der Waals surface area contributed by atoms with Crippen molar-refractivity contribution in [1.82, 2.24) is 0 Å². The molecule has 17 heavy (non-hydrogen) atoms. The molecule has 0 aliphatic heterocycles. The van der Waals surface area contributed by atoms with E-state index in [1.165, 1.54) is 26.4 Å². The first-order chi connectivity index (χ1) is 8.15. The number of ether oxygens (including phenoxy) is 2. The molecule has 0 spiro atoms. The second kappa shape index (κ2) is 6.10. The number of aliphatic hydroxyl groups excluding tert-OH is 1. The second-order valence-corrected chi connectivity index (χ2v) is 3.46. The van der Waals surface area contributed by atoms with Gasteiger partial charge in [0.1, 0.15) is 0 Å². The van der Waals surface area contributed by atoms with E-state index in [-0.39, 0.29) is 12.4 Å². The Morgan fingerprint density at radius 3 is 2.59 bits per heavy atom. The van der Waals surface area contributed by atoms with Crippen molar-refractivity contribution in [3.05, 3.63) is 23.3 Å². The average molecular weight is 240 g/mol. The molecule has 5 nitrogen and oxygen atoms in total. The van der Waals surface area contributed by atoms with Crippen LogP contribution in [0.1, 0.15) is 22.3 Å². The van der Waals surface area contributed by atoms with Crippen LogP contribution in [0.3, 0.4) is 0 Å². The number of rotatable bonds is 5. The smallest absolute Gasteiger partial charge is 0.338 e. The first kappa shape index (κ1) is 13.3. The quantitative estimate of drug-likeness (QED) is 0.754. The van der Waals surface area contributed by atoms with Crippen molar-refractivity contribution < 1.29 is 24.5 Å². The Bertz CT molecular complexity index is 400. The number of hydrogen-bond donors (Lipinski definition) is 2. The first-order valence-corrected chi connectivity index (χ1v) is 5.23. The van der Waals surface area contributed by atoms with Gasteiger partial charge in [-0.1, -0.05) is 0 Å². The zero-order valence-electron chi connectivity index (χ0n) is 9.90. The van der Waals surface area contributed by atoms with Crippen molar-refractivity contribution >= 4 is 5.97 Å². The van der Waals surface area contributed by atoms with E-state index in [2.05, 4.69) is 4.74 Å². The van der Waals surface area contributed by atoms with Crippen LogP contribution in [0.15, 0.2) is 12.1 Å². The van der Waals surface area contributed by atoms with Crippen LogP contribution in [-0.2, 0) is 11.2 Å². The van der Waals surface area contributed by atoms with E-state index in [0.29, 0.717) is 29.7 Å². The molecule has 0 saturated heterocycles. The highest BCUT2D eigenvalue weighted by atomic mass is 16.5. The van der Waals surface area contributed by atoms with Crippen molar-refractivity contribution in [3.63, 3.8) is 0 Å². The lowest BCUT2D eigenvalue weighted by atomic mass is 10.0. The molecular formula is C12H16O5. The summed E-state index contributed by atoms with van der Waals surface area (Å²) in [5, 5.41) is 18.7. The van der Waals surface area contributed by atoms with E-state index >= 15 is 0 Å². The fourth-order valence-corrected chi connectivity index (χ4v) is 1.59. The van der Waals surface area contributed by atoms with Crippen LogP contribution in [0.2, 0.25) is 0 Å². The molecule has 1 aromatic carbocycles. The molecule has 0 heterocycles. The number of aliphatic hydroxyl groups is 1. The average Bonchev–Trinajstić information content (AvgIpc) is 2.36. The predicted octanol–water partition coefficient (Wildman–Crippen LogP) is 1.11. The van der Waals surface area contributed by atoms with Gasteiger partial charge in [-0.15, -0.1) is 0 Å². The number of benzene rings is 1. The van der Waals surface area contributed by atoms with Gasteiger partial charge in [-0.2, -0.15) is 0 Å². The molecule has 94 valence electrons. The monoisotopic (exact) mass is 240 g/mol. The van der Waals surface area contributed by atoms with Crippen LogP contribution in [0.25, 0.3) is 0 Å². The van der Waals surface area contributed by atoms with E-state index < -0.39 is 5.97 Å². The van der Waals surface area contributed by atoms with E-state index in [9.17, 15) is 9.90 Å². The summed E-state index contributed by atoms with van der Waals surface area (Å²) in [6.07, 6.45) is 0.828. The van der Waals surface area contributed by atoms with Crippen LogP contribution in [-0.4, -0.2) is 37.0 Å². The summed E-state index contributed by atoms with van der Waals surface area (Å²) in [4.78, 5) is 11.5. The van der Waals surface area contributed by atoms with Gasteiger partial charge in [0.15, 0.2) is 11.5 Å². The topological polar surface area (TPSA) is 76.0 Å². The molecule has 0 fully saturated rings. The molecule has 0 radical (unpaired) electrons. The first-order valence-electron chi connectivity index (χ1n) is 5.23. The standard InChI is InChI=1S/C12H16O5/c1-16-10-6-5-9(12(15)17-2)8(11(10)14)4-3-7-13/h5-6,13-14H,3-4,7H2,1-2H3. The normalized spacial score (nSPS) is 10.1. The number of aromatic hydroxyl groups is 1. The molecule has 0 saturated carbocycles. The number of phenolic OH excluding ortho intramolecular Hbond substituents is 1. The fourth-order valence-electron chi connectivity index (χ4n) is 1.59. The molecule has 2 N–H and O–H groups in total. The largest absolute Gasteiger partial charge is 0.504 e. The summed E-state index contributed by atoms with van der Waals surface area (Å²) in [6.45, 7) is -0.0166. The molecular weight excluding hydrogens is 224 g/mol. The van der Waals surface area contributed by atoms with E-state index in [1.54, 1.807) is 0 Å². The molecule has 0 atom stereocenters. The molecule has 5 heteroatoms. The summed E-state index contributed by atoms with van der Waals surface area (Å²) in [5.41, 5.74) is 0.726. The van der Waals surface area contributed by atoms with Gasteiger partial charge in [-0.25, -0.2) is 4.79 Å². The van der Waals surface area contributed by atoms with Crippen molar-refractivity contribution in [2.24, 2.45) is 0 Å². The Morgan fingerprint density at radius 1 is 1.35 bits per heavy atom. The van der Waals surface area contributed by atoms with Crippen molar-refractivity contribution in [2.75, 3.05) is 20.8 Å². The number of carbonyl (C=O) groups excluding carboxylic acids is 1. The van der Waals surface area contributed by atoms with Crippen LogP contribution >= 0.6 is 0 Å². The molecule has 1 rings (SSSR count). The highest BCUT2D eigenvalue weighted by Crippen LogP contribution is 2.33. The molecule has 0 amide bonds. The maximum atomic E-state index is 11.5. The zero-order chi connectivity index (χ0) is 12.8. The Kier molecular flexibility index (Phi) is 4.78. The van der Waals surface area contributed by atoms with Crippen LogP contribution in [0, 0.1) is 0 Å². The van der Waals surface area contributed by atoms with Crippen molar-refractivity contribution in [3.8, 4) is 11.5 Å². The third-order valence-corrected chi connectivity index (χ3v) is 2.46. The van der Waals surface area contributed by atoms with Crippen LogP contribution < -0.4 is 4.74 Å². The van der Waals surface area contributed by atoms with E-state index in [4.69, 9.17) is 9.84 Å². The number of hydrogen-bond acceptors (Lipinski definition) is 5. The lowest BCUT2D eigenvalue weighted by Gasteiger charge is -2.12. The van der Waals surface area contributed by atoms with Crippen LogP contribution in [0.5, 0.6) is 11.5 Å². The predicted molar refractivity (Wildman–Crippen MR) is 61.4 cm³/mol. The van der Waals surface area contributed by atoms with Gasteiger partial charge in [0.25, 0.3) is 0 Å². The maximum Gasteiger partial charge on any atom is 0.338 e. The van der Waals surface area contributed by atoms with Crippen molar-refractivity contribution in [2.45, 2.75) is 12.8 Å². The van der Waals surface area contributed by atoms with Gasteiger partial charge in [0, 0.05) is 12.2 Å². The minimum Gasteiger partial charge on any atom is -0.504 e. The second-order valence-electron chi connectivity index (χ2n) is 3.46. The Hall–Kier alpha value is -1.75. The van der Waals surface area contributed by atoms with E-state index in [1.807, 2.05) is 0 Å². The Balaban J connectivity index is 3.20. The lowest BCUT2D eigenvalue weighted by Crippen LogP contribution is -2.07. The minimum atomic E-state index is -0.518. The molecule has 0 unspecified atom stereocenters. The lowest BCUT2D eigenvalue weighted by molar-refractivity contribution is 0.0598. The maximum absolute atomic E-state index is 11.5. The number of esters is 1. The van der Waals surface area contributed by atoms with Gasteiger partial charge < -0.3 is 19.7 Å². The fraction of sp³-hybridized carbons (Fsp3) is 0.417. The summed E-state index contributed by atoms with van der Waals surface area (Å²) in [7, 11) is 2.71. The molecule has 0 bridgehead atoms.